The molecule has 0 aliphatic heterocycles. The predicted molar refractivity (Wildman–Crippen MR) is 65.6 cm³/mol. The van der Waals surface area contributed by atoms with E-state index in [4.69, 9.17) is 9.84 Å². The zero-order valence-electron chi connectivity index (χ0n) is 10.5. The number of ether oxygens (including phenoxy) is 1. The van der Waals surface area contributed by atoms with Crippen LogP contribution in [0.4, 0.5) is 0 Å². The van der Waals surface area contributed by atoms with Gasteiger partial charge in [0.1, 0.15) is 5.75 Å². The number of hydrogen-bond donors (Lipinski definition) is 1. The molecule has 0 bridgehead atoms. The SMILES string of the molecule is Cc1ccccc1OCc1nnn(CCC(=O)O)n1. The van der Waals surface area contributed by atoms with Crippen molar-refractivity contribution >= 4 is 5.97 Å². The first-order chi connectivity index (χ1) is 9.15. The van der Waals surface area contributed by atoms with Gasteiger partial charge < -0.3 is 9.84 Å². The normalized spacial score (nSPS) is 10.4. The van der Waals surface area contributed by atoms with Crippen molar-refractivity contribution in [1.82, 2.24) is 20.2 Å². The van der Waals surface area contributed by atoms with E-state index in [9.17, 15) is 4.79 Å². The monoisotopic (exact) mass is 262 g/mol. The topological polar surface area (TPSA) is 90.1 Å². The molecule has 7 nitrogen and oxygen atoms in total. The van der Waals surface area contributed by atoms with Crippen molar-refractivity contribution in [1.29, 1.82) is 0 Å². The maximum atomic E-state index is 10.4. The number of benzene rings is 1. The third-order valence-electron chi connectivity index (χ3n) is 2.47. The van der Waals surface area contributed by atoms with Crippen LogP contribution >= 0.6 is 0 Å². The molecule has 0 aliphatic carbocycles. The van der Waals surface area contributed by atoms with Gasteiger partial charge in [-0.05, 0) is 23.8 Å². The zero-order valence-corrected chi connectivity index (χ0v) is 10.5. The van der Waals surface area contributed by atoms with E-state index in [2.05, 4.69) is 15.4 Å². The lowest BCUT2D eigenvalue weighted by Gasteiger charge is -2.05. The highest BCUT2D eigenvalue weighted by molar-refractivity contribution is 5.66. The molecule has 0 radical (unpaired) electrons. The third-order valence-corrected chi connectivity index (χ3v) is 2.47. The summed E-state index contributed by atoms with van der Waals surface area (Å²) < 4.78 is 5.57. The van der Waals surface area contributed by atoms with Gasteiger partial charge in [-0.3, -0.25) is 4.79 Å². The second kappa shape index (κ2) is 5.94. The van der Waals surface area contributed by atoms with Gasteiger partial charge in [0, 0.05) is 0 Å². The molecule has 0 spiro atoms. The molecule has 0 saturated carbocycles. The lowest BCUT2D eigenvalue weighted by Crippen LogP contribution is -2.08. The molecule has 0 atom stereocenters. The van der Waals surface area contributed by atoms with Crippen LogP contribution in [0.1, 0.15) is 17.8 Å². The minimum Gasteiger partial charge on any atom is -0.485 e. The first-order valence-corrected chi connectivity index (χ1v) is 5.82. The number of tetrazole rings is 1. The van der Waals surface area contributed by atoms with Crippen molar-refractivity contribution in [2.24, 2.45) is 0 Å². The Kier molecular flexibility index (Phi) is 4.07. The van der Waals surface area contributed by atoms with E-state index < -0.39 is 5.97 Å². The number of aromatic nitrogens is 4. The van der Waals surface area contributed by atoms with E-state index in [-0.39, 0.29) is 19.6 Å². The molecule has 1 aromatic heterocycles. The molecule has 0 amide bonds. The molecule has 0 unspecified atom stereocenters. The van der Waals surface area contributed by atoms with Crippen LogP contribution in [0.3, 0.4) is 0 Å². The van der Waals surface area contributed by atoms with Crippen LogP contribution in [0.15, 0.2) is 24.3 Å². The van der Waals surface area contributed by atoms with Crippen LogP contribution in [0.25, 0.3) is 0 Å². The number of carboxylic acids is 1. The summed E-state index contributed by atoms with van der Waals surface area (Å²) in [7, 11) is 0. The minimum atomic E-state index is -0.894. The Balaban J connectivity index is 1.90. The minimum absolute atomic E-state index is 0.0333. The summed E-state index contributed by atoms with van der Waals surface area (Å²) in [5.41, 5.74) is 1.03. The van der Waals surface area contributed by atoms with Crippen molar-refractivity contribution in [3.63, 3.8) is 0 Å². The molecule has 100 valence electrons. The van der Waals surface area contributed by atoms with Gasteiger partial charge >= 0.3 is 5.97 Å². The Morgan fingerprint density at radius 2 is 2.21 bits per heavy atom. The van der Waals surface area contributed by atoms with Gasteiger partial charge in [0.05, 0.1) is 13.0 Å². The summed E-state index contributed by atoms with van der Waals surface area (Å²) in [5.74, 6) is 0.299. The summed E-state index contributed by atoms with van der Waals surface area (Å²) in [5, 5.41) is 20.1. The van der Waals surface area contributed by atoms with Crippen molar-refractivity contribution in [2.75, 3.05) is 0 Å². The first kappa shape index (κ1) is 13.0. The maximum absolute atomic E-state index is 10.4. The van der Waals surface area contributed by atoms with E-state index in [0.29, 0.717) is 5.82 Å². The summed E-state index contributed by atoms with van der Waals surface area (Å²) in [6.45, 7) is 2.36. The van der Waals surface area contributed by atoms with Crippen LogP contribution in [0.2, 0.25) is 0 Å². The number of aryl methyl sites for hydroxylation is 2. The van der Waals surface area contributed by atoms with Gasteiger partial charge in [-0.25, -0.2) is 0 Å². The van der Waals surface area contributed by atoms with Crippen molar-refractivity contribution < 1.29 is 14.6 Å². The van der Waals surface area contributed by atoms with Crippen LogP contribution in [-0.2, 0) is 17.9 Å². The Bertz CT molecular complexity index is 568. The third kappa shape index (κ3) is 3.77. The van der Waals surface area contributed by atoms with E-state index in [0.717, 1.165) is 11.3 Å². The second-order valence-corrected chi connectivity index (χ2v) is 4.00. The van der Waals surface area contributed by atoms with Gasteiger partial charge in [-0.2, -0.15) is 4.80 Å². The van der Waals surface area contributed by atoms with Gasteiger partial charge in [0.2, 0.25) is 5.82 Å². The van der Waals surface area contributed by atoms with Crippen LogP contribution in [-0.4, -0.2) is 31.3 Å². The highest BCUT2D eigenvalue weighted by Gasteiger charge is 2.06. The molecule has 1 aromatic carbocycles. The van der Waals surface area contributed by atoms with E-state index in [1.54, 1.807) is 0 Å². The largest absolute Gasteiger partial charge is 0.485 e. The smallest absolute Gasteiger partial charge is 0.305 e. The molecule has 7 heteroatoms. The molecule has 1 heterocycles. The van der Waals surface area contributed by atoms with Crippen LogP contribution in [0.5, 0.6) is 5.75 Å². The van der Waals surface area contributed by atoms with E-state index >= 15 is 0 Å². The highest BCUT2D eigenvalue weighted by atomic mass is 16.5. The molecule has 0 saturated heterocycles. The van der Waals surface area contributed by atoms with E-state index in [1.807, 2.05) is 31.2 Å². The Morgan fingerprint density at radius 3 is 2.95 bits per heavy atom. The first-order valence-electron chi connectivity index (χ1n) is 5.82. The summed E-state index contributed by atoms with van der Waals surface area (Å²) in [6, 6.07) is 7.64. The van der Waals surface area contributed by atoms with Gasteiger partial charge in [-0.1, -0.05) is 18.2 Å². The van der Waals surface area contributed by atoms with Crippen molar-refractivity contribution in [3.8, 4) is 5.75 Å². The van der Waals surface area contributed by atoms with Gasteiger partial charge in [0.25, 0.3) is 0 Å². The van der Waals surface area contributed by atoms with Gasteiger partial charge in [0.15, 0.2) is 6.61 Å². The lowest BCUT2D eigenvalue weighted by atomic mass is 10.2. The Hall–Kier alpha value is -2.44. The molecule has 0 aliphatic rings. The number of nitrogens with zero attached hydrogens (tertiary/aromatic N) is 4. The Labute approximate surface area is 109 Å². The quantitative estimate of drug-likeness (QED) is 0.836. The maximum Gasteiger partial charge on any atom is 0.305 e. The molecular formula is C12H14N4O3. The molecular weight excluding hydrogens is 248 g/mol. The fourth-order valence-electron chi connectivity index (χ4n) is 1.49. The number of aliphatic carboxylic acids is 1. The summed E-state index contributed by atoms with van der Waals surface area (Å²) in [4.78, 5) is 11.7. The van der Waals surface area contributed by atoms with Crippen LogP contribution < -0.4 is 4.74 Å². The fraction of sp³-hybridized carbons (Fsp3) is 0.333. The van der Waals surface area contributed by atoms with Crippen LogP contribution in [0, 0.1) is 6.92 Å². The van der Waals surface area contributed by atoms with Crippen molar-refractivity contribution in [2.45, 2.75) is 26.5 Å². The Morgan fingerprint density at radius 1 is 1.42 bits per heavy atom. The molecule has 2 rings (SSSR count). The lowest BCUT2D eigenvalue weighted by molar-refractivity contribution is -0.137. The van der Waals surface area contributed by atoms with E-state index in [1.165, 1.54) is 4.80 Å². The summed E-state index contributed by atoms with van der Waals surface area (Å²) in [6.07, 6.45) is -0.0333. The molecule has 1 N–H and O–H groups in total. The average Bonchev–Trinajstić information content (AvgIpc) is 2.83. The highest BCUT2D eigenvalue weighted by Crippen LogP contribution is 2.16. The zero-order chi connectivity index (χ0) is 13.7. The second-order valence-electron chi connectivity index (χ2n) is 4.00. The fourth-order valence-corrected chi connectivity index (χ4v) is 1.49. The van der Waals surface area contributed by atoms with Crippen molar-refractivity contribution in [3.05, 3.63) is 35.7 Å². The summed E-state index contributed by atoms with van der Waals surface area (Å²) >= 11 is 0. The number of rotatable bonds is 6. The number of para-hydroxylation sites is 1. The molecule has 19 heavy (non-hydrogen) atoms. The number of hydrogen-bond acceptors (Lipinski definition) is 5. The predicted octanol–water partition coefficient (Wildman–Crippen LogP) is 1.04. The number of carboxylic acid groups (broad SMARTS) is 1. The standard InChI is InChI=1S/C12H14N4O3/c1-9-4-2-3-5-10(9)19-8-11-13-15-16(14-11)7-6-12(17)18/h2-5H,6-8H2,1H3,(H,17,18). The average molecular weight is 262 g/mol. The van der Waals surface area contributed by atoms with Gasteiger partial charge in [-0.15, -0.1) is 10.2 Å². The number of carbonyl (C=O) groups is 1. The molecule has 0 fully saturated rings. The molecule has 2 aromatic rings.